The van der Waals surface area contributed by atoms with Crippen molar-refractivity contribution >= 4 is 29.2 Å². The average Bonchev–Trinajstić information content (AvgIpc) is 3.49. The summed E-state index contributed by atoms with van der Waals surface area (Å²) in [6, 6.07) is 13.7. The number of hydrogen-bond acceptors (Lipinski definition) is 4. The Bertz CT molecular complexity index is 1530. The number of anilines is 2. The molecule has 1 heterocycles. The number of nitrogens with zero attached hydrogens (tertiary/aromatic N) is 1. The third-order valence-corrected chi connectivity index (χ3v) is 8.47. The highest BCUT2D eigenvalue weighted by molar-refractivity contribution is 5.98. The van der Waals surface area contributed by atoms with Gasteiger partial charge in [-0.05, 0) is 80.1 Å². The van der Waals surface area contributed by atoms with Crippen LogP contribution in [0.25, 0.3) is 0 Å². The van der Waals surface area contributed by atoms with Crippen LogP contribution in [0.4, 0.5) is 28.9 Å². The smallest absolute Gasteiger partial charge is 0.417 e. The lowest BCUT2D eigenvalue weighted by atomic mass is 9.83. The number of halogens is 4. The van der Waals surface area contributed by atoms with Gasteiger partial charge >= 0.3 is 12.1 Å². The molecule has 232 valence electrons. The minimum Gasteiger partial charge on any atom is -0.478 e. The fourth-order valence-corrected chi connectivity index (χ4v) is 6.32. The predicted octanol–water partition coefficient (Wildman–Crippen LogP) is 7.44. The summed E-state index contributed by atoms with van der Waals surface area (Å²) in [6.07, 6.45) is 0.214. The fraction of sp³-hybridized carbons (Fsp3) is 0.364. The highest BCUT2D eigenvalue weighted by Gasteiger charge is 2.41. The molecule has 1 aliphatic heterocycles. The second-order valence-electron chi connectivity index (χ2n) is 11.4. The van der Waals surface area contributed by atoms with Crippen molar-refractivity contribution in [2.45, 2.75) is 63.7 Å². The number of piperidine rings is 1. The molecule has 7 nitrogen and oxygen atoms in total. The van der Waals surface area contributed by atoms with Gasteiger partial charge in [0.25, 0.3) is 5.91 Å². The Hall–Kier alpha value is -4.41. The first-order valence-electron chi connectivity index (χ1n) is 14.6. The molecule has 1 saturated heterocycles. The standard InChI is InChI=1S/C33H33F4N3O4/c1-19-6-4-10-27(34)28(19)31(42)40-17-5-9-25(29(40)20-11-13-22(14-12-20)38-21-7-2-3-8-21)30(41)39-23-15-16-24(32(43)44)26(18-23)33(35,36)37/h4,6,10-16,18,21,25,29,38H,2-3,5,7-9,17H2,1H3,(H,39,41)(H,43,44)/t25?,29-/m0/s1. The van der Waals surface area contributed by atoms with Crippen molar-refractivity contribution in [3.63, 3.8) is 0 Å². The molecule has 0 aromatic heterocycles. The van der Waals surface area contributed by atoms with Crippen molar-refractivity contribution in [3.8, 4) is 0 Å². The summed E-state index contributed by atoms with van der Waals surface area (Å²) in [7, 11) is 0. The van der Waals surface area contributed by atoms with E-state index in [9.17, 15) is 37.1 Å². The Morgan fingerprint density at radius 2 is 1.59 bits per heavy atom. The maximum atomic E-state index is 14.9. The zero-order valence-corrected chi connectivity index (χ0v) is 24.1. The Balaban J connectivity index is 1.49. The molecule has 1 unspecified atom stereocenters. The number of alkyl halides is 3. The van der Waals surface area contributed by atoms with Crippen molar-refractivity contribution in [2.75, 3.05) is 17.2 Å². The van der Waals surface area contributed by atoms with Crippen molar-refractivity contribution < 1.29 is 37.1 Å². The Labute approximate surface area is 252 Å². The molecule has 0 radical (unpaired) electrons. The van der Waals surface area contributed by atoms with Crippen LogP contribution in [-0.2, 0) is 11.0 Å². The summed E-state index contributed by atoms with van der Waals surface area (Å²) in [5.74, 6) is -4.54. The predicted molar refractivity (Wildman–Crippen MR) is 157 cm³/mol. The van der Waals surface area contributed by atoms with E-state index in [1.807, 2.05) is 24.3 Å². The minimum atomic E-state index is -4.96. The van der Waals surface area contributed by atoms with E-state index in [0.717, 1.165) is 43.5 Å². The summed E-state index contributed by atoms with van der Waals surface area (Å²) >= 11 is 0. The number of rotatable bonds is 7. The van der Waals surface area contributed by atoms with Gasteiger partial charge in [0, 0.05) is 24.0 Å². The van der Waals surface area contributed by atoms with Gasteiger partial charge < -0.3 is 20.6 Å². The lowest BCUT2D eigenvalue weighted by molar-refractivity contribution is -0.138. The van der Waals surface area contributed by atoms with E-state index in [4.69, 9.17) is 0 Å². The number of carboxylic acid groups (broad SMARTS) is 1. The number of carboxylic acids is 1. The van der Waals surface area contributed by atoms with E-state index >= 15 is 0 Å². The molecular weight excluding hydrogens is 578 g/mol. The molecule has 44 heavy (non-hydrogen) atoms. The first-order valence-corrected chi connectivity index (χ1v) is 14.6. The van der Waals surface area contributed by atoms with Crippen LogP contribution < -0.4 is 10.6 Å². The van der Waals surface area contributed by atoms with Crippen LogP contribution in [0.2, 0.25) is 0 Å². The molecule has 3 aromatic carbocycles. The second kappa shape index (κ2) is 12.7. The highest BCUT2D eigenvalue weighted by Crippen LogP contribution is 2.40. The number of amides is 2. The molecule has 5 rings (SSSR count). The molecule has 3 N–H and O–H groups in total. The quantitative estimate of drug-likeness (QED) is 0.241. The number of carbonyl (C=O) groups excluding carboxylic acids is 2. The number of benzene rings is 3. The average molecular weight is 612 g/mol. The zero-order chi connectivity index (χ0) is 31.6. The normalized spacial score (nSPS) is 19.1. The third kappa shape index (κ3) is 6.56. The maximum absolute atomic E-state index is 14.9. The topological polar surface area (TPSA) is 98.7 Å². The van der Waals surface area contributed by atoms with Crippen LogP contribution >= 0.6 is 0 Å². The van der Waals surface area contributed by atoms with Crippen LogP contribution in [0, 0.1) is 18.7 Å². The lowest BCUT2D eigenvalue weighted by Gasteiger charge is -2.41. The van der Waals surface area contributed by atoms with Crippen LogP contribution in [0.15, 0.2) is 60.7 Å². The van der Waals surface area contributed by atoms with Crippen LogP contribution in [0.3, 0.4) is 0 Å². The van der Waals surface area contributed by atoms with Crippen molar-refractivity contribution in [2.24, 2.45) is 5.92 Å². The second-order valence-corrected chi connectivity index (χ2v) is 11.4. The van der Waals surface area contributed by atoms with E-state index in [2.05, 4.69) is 10.6 Å². The molecule has 2 atom stereocenters. The summed E-state index contributed by atoms with van der Waals surface area (Å²) < 4.78 is 55.8. The number of aromatic carboxylic acids is 1. The molecule has 3 aromatic rings. The van der Waals surface area contributed by atoms with Gasteiger partial charge in [-0.25, -0.2) is 9.18 Å². The molecule has 1 aliphatic carbocycles. The van der Waals surface area contributed by atoms with E-state index in [1.165, 1.54) is 17.0 Å². The Morgan fingerprint density at radius 3 is 2.23 bits per heavy atom. The summed E-state index contributed by atoms with van der Waals surface area (Å²) in [6.45, 7) is 1.87. The van der Waals surface area contributed by atoms with Gasteiger partial charge in [-0.15, -0.1) is 0 Å². The van der Waals surface area contributed by atoms with Gasteiger partial charge in [0.05, 0.1) is 28.7 Å². The van der Waals surface area contributed by atoms with Crippen LogP contribution in [0.1, 0.15) is 82.0 Å². The first kappa shape index (κ1) is 31.0. The molecule has 2 fully saturated rings. The van der Waals surface area contributed by atoms with Crippen LogP contribution in [0.5, 0.6) is 0 Å². The largest absolute Gasteiger partial charge is 0.478 e. The van der Waals surface area contributed by atoms with Gasteiger partial charge in [-0.1, -0.05) is 37.1 Å². The maximum Gasteiger partial charge on any atom is 0.417 e. The molecule has 2 amide bonds. The Kier molecular flexibility index (Phi) is 8.94. The monoisotopic (exact) mass is 611 g/mol. The molecule has 0 spiro atoms. The van der Waals surface area contributed by atoms with Gasteiger partial charge in [-0.3, -0.25) is 9.59 Å². The molecule has 2 aliphatic rings. The minimum absolute atomic E-state index is 0.0999. The number of hydrogen-bond donors (Lipinski definition) is 3. The third-order valence-electron chi connectivity index (χ3n) is 8.47. The number of nitrogens with one attached hydrogen (secondary N) is 2. The SMILES string of the molecule is Cc1cccc(F)c1C(=O)N1CCCC(C(=O)Nc2ccc(C(=O)O)c(C(F)(F)F)c2)[C@@H]1c1ccc(NC2CCCC2)cc1. The number of likely N-dealkylation sites (tertiary alicyclic amines) is 1. The van der Waals surface area contributed by atoms with E-state index in [1.54, 1.807) is 13.0 Å². The van der Waals surface area contributed by atoms with Gasteiger partial charge in [0.1, 0.15) is 5.82 Å². The summed E-state index contributed by atoms with van der Waals surface area (Å²) in [5.41, 5.74) is -0.697. The highest BCUT2D eigenvalue weighted by atomic mass is 19.4. The van der Waals surface area contributed by atoms with Crippen molar-refractivity contribution in [1.29, 1.82) is 0 Å². The molecule has 1 saturated carbocycles. The first-order chi connectivity index (χ1) is 20.9. The zero-order valence-electron chi connectivity index (χ0n) is 24.1. The van der Waals surface area contributed by atoms with Gasteiger partial charge in [0.15, 0.2) is 0 Å². The number of aryl methyl sites for hydroxylation is 1. The van der Waals surface area contributed by atoms with Gasteiger partial charge in [-0.2, -0.15) is 13.2 Å². The fourth-order valence-electron chi connectivity index (χ4n) is 6.32. The van der Waals surface area contributed by atoms with Crippen molar-refractivity contribution in [3.05, 3.63) is 94.3 Å². The lowest BCUT2D eigenvalue weighted by Crippen LogP contribution is -2.46. The molecule has 0 bridgehead atoms. The summed E-state index contributed by atoms with van der Waals surface area (Å²) in [4.78, 5) is 40.4. The van der Waals surface area contributed by atoms with E-state index < -0.39 is 52.9 Å². The summed E-state index contributed by atoms with van der Waals surface area (Å²) in [5, 5.41) is 15.2. The molecular formula is C33H33F4N3O4. The molecule has 11 heteroatoms. The van der Waals surface area contributed by atoms with E-state index in [0.29, 0.717) is 36.1 Å². The van der Waals surface area contributed by atoms with E-state index in [-0.39, 0.29) is 17.8 Å². The Morgan fingerprint density at radius 1 is 0.909 bits per heavy atom. The van der Waals surface area contributed by atoms with Crippen molar-refractivity contribution in [1.82, 2.24) is 4.90 Å². The van der Waals surface area contributed by atoms with Crippen LogP contribution in [-0.4, -0.2) is 40.4 Å². The van der Waals surface area contributed by atoms with Gasteiger partial charge in [0.2, 0.25) is 5.91 Å². The number of carbonyl (C=O) groups is 3.